The number of ketones is 1. The molecule has 0 atom stereocenters. The number of carbonyl (C=O) groups is 1. The Labute approximate surface area is 65.8 Å². The van der Waals surface area contributed by atoms with Gasteiger partial charge in [0.05, 0.1) is 12.1 Å². The predicted molar refractivity (Wildman–Crippen MR) is 42.3 cm³/mol. The first kappa shape index (κ1) is 7.98. The Morgan fingerprint density at radius 2 is 2.45 bits per heavy atom. The van der Waals surface area contributed by atoms with Crippen LogP contribution in [0.15, 0.2) is 6.07 Å². The molecule has 1 heterocycles. The number of rotatable bonds is 3. The zero-order chi connectivity index (χ0) is 8.27. The van der Waals surface area contributed by atoms with E-state index >= 15 is 0 Å². The quantitative estimate of drug-likeness (QED) is 0.708. The van der Waals surface area contributed by atoms with Crippen LogP contribution in [-0.2, 0) is 11.2 Å². The first-order valence-corrected chi connectivity index (χ1v) is 3.75. The maximum Gasteiger partial charge on any atom is 0.138 e. The lowest BCUT2D eigenvalue weighted by molar-refractivity contribution is -0.118. The van der Waals surface area contributed by atoms with Crippen molar-refractivity contribution in [2.45, 2.75) is 26.7 Å². The SMILES string of the molecule is CCC(=O)Cc1cc(C)[nH]n1. The van der Waals surface area contributed by atoms with Crippen LogP contribution in [0.3, 0.4) is 0 Å². The Bertz CT molecular complexity index is 252. The van der Waals surface area contributed by atoms with Gasteiger partial charge < -0.3 is 0 Å². The average molecular weight is 152 g/mol. The molecule has 60 valence electrons. The molecule has 0 fully saturated rings. The summed E-state index contributed by atoms with van der Waals surface area (Å²) in [6, 6.07) is 1.90. The molecule has 0 aliphatic heterocycles. The van der Waals surface area contributed by atoms with Gasteiger partial charge in [0.25, 0.3) is 0 Å². The lowest BCUT2D eigenvalue weighted by atomic mass is 10.2. The van der Waals surface area contributed by atoms with Gasteiger partial charge in [-0.3, -0.25) is 9.89 Å². The molecular formula is C8H12N2O. The van der Waals surface area contributed by atoms with Gasteiger partial charge in [-0.15, -0.1) is 0 Å². The molecule has 0 radical (unpaired) electrons. The van der Waals surface area contributed by atoms with Crippen LogP contribution in [0.2, 0.25) is 0 Å². The maximum absolute atomic E-state index is 10.9. The summed E-state index contributed by atoms with van der Waals surface area (Å²) in [5.41, 5.74) is 1.85. The van der Waals surface area contributed by atoms with Crippen LogP contribution in [0, 0.1) is 6.92 Å². The van der Waals surface area contributed by atoms with Crippen molar-refractivity contribution in [3.8, 4) is 0 Å². The third kappa shape index (κ3) is 2.18. The fraction of sp³-hybridized carbons (Fsp3) is 0.500. The number of aryl methyl sites for hydroxylation is 1. The van der Waals surface area contributed by atoms with Crippen LogP contribution in [0.4, 0.5) is 0 Å². The third-order valence-electron chi connectivity index (χ3n) is 1.53. The fourth-order valence-electron chi connectivity index (χ4n) is 0.892. The van der Waals surface area contributed by atoms with Gasteiger partial charge in [0.1, 0.15) is 5.78 Å². The van der Waals surface area contributed by atoms with Crippen LogP contribution >= 0.6 is 0 Å². The summed E-state index contributed by atoms with van der Waals surface area (Å²) in [5, 5.41) is 6.75. The van der Waals surface area contributed by atoms with Crippen molar-refractivity contribution in [2.75, 3.05) is 0 Å². The lowest BCUT2D eigenvalue weighted by Crippen LogP contribution is -2.00. The second kappa shape index (κ2) is 3.32. The molecule has 1 N–H and O–H groups in total. The van der Waals surface area contributed by atoms with Crippen molar-refractivity contribution >= 4 is 5.78 Å². The van der Waals surface area contributed by atoms with Gasteiger partial charge in [-0.1, -0.05) is 6.92 Å². The molecule has 0 aromatic carbocycles. The molecule has 1 aromatic heterocycles. The van der Waals surface area contributed by atoms with Crippen molar-refractivity contribution in [1.82, 2.24) is 10.2 Å². The van der Waals surface area contributed by atoms with Crippen LogP contribution in [0.25, 0.3) is 0 Å². The number of nitrogens with zero attached hydrogens (tertiary/aromatic N) is 1. The van der Waals surface area contributed by atoms with Crippen LogP contribution in [-0.4, -0.2) is 16.0 Å². The molecular weight excluding hydrogens is 140 g/mol. The predicted octanol–water partition coefficient (Wildman–Crippen LogP) is 1.24. The molecule has 1 aromatic rings. The van der Waals surface area contributed by atoms with Gasteiger partial charge in [0.15, 0.2) is 0 Å². The molecule has 0 unspecified atom stereocenters. The van der Waals surface area contributed by atoms with E-state index in [1.54, 1.807) is 0 Å². The minimum absolute atomic E-state index is 0.233. The largest absolute Gasteiger partial charge is 0.299 e. The summed E-state index contributed by atoms with van der Waals surface area (Å²) in [6.07, 6.45) is 1.05. The van der Waals surface area contributed by atoms with E-state index in [0.29, 0.717) is 12.8 Å². The van der Waals surface area contributed by atoms with Gasteiger partial charge in [-0.05, 0) is 13.0 Å². The van der Waals surface area contributed by atoms with Crippen molar-refractivity contribution in [2.24, 2.45) is 0 Å². The van der Waals surface area contributed by atoms with Crippen molar-refractivity contribution in [1.29, 1.82) is 0 Å². The normalized spacial score (nSPS) is 10.0. The van der Waals surface area contributed by atoms with Crippen molar-refractivity contribution in [3.63, 3.8) is 0 Å². The number of aromatic nitrogens is 2. The van der Waals surface area contributed by atoms with Crippen molar-refractivity contribution in [3.05, 3.63) is 17.5 Å². The number of hydrogen-bond donors (Lipinski definition) is 1. The molecule has 0 saturated heterocycles. The number of H-pyrrole nitrogens is 1. The van der Waals surface area contributed by atoms with E-state index in [2.05, 4.69) is 10.2 Å². The summed E-state index contributed by atoms with van der Waals surface area (Å²) < 4.78 is 0. The Morgan fingerprint density at radius 3 is 2.91 bits per heavy atom. The number of aromatic amines is 1. The fourth-order valence-corrected chi connectivity index (χ4v) is 0.892. The average Bonchev–Trinajstić information content (AvgIpc) is 2.35. The van der Waals surface area contributed by atoms with Crippen molar-refractivity contribution < 1.29 is 4.79 Å². The van der Waals surface area contributed by atoms with Crippen LogP contribution in [0.5, 0.6) is 0 Å². The second-order valence-corrected chi connectivity index (χ2v) is 2.61. The number of Topliss-reactive ketones (excluding diaryl/α,β-unsaturated/α-hetero) is 1. The zero-order valence-corrected chi connectivity index (χ0v) is 6.85. The minimum Gasteiger partial charge on any atom is -0.299 e. The highest BCUT2D eigenvalue weighted by molar-refractivity contribution is 5.80. The first-order chi connectivity index (χ1) is 5.22. The summed E-state index contributed by atoms with van der Waals surface area (Å²) in [6.45, 7) is 3.79. The zero-order valence-electron chi connectivity index (χ0n) is 6.85. The Morgan fingerprint density at radius 1 is 1.73 bits per heavy atom. The maximum atomic E-state index is 10.9. The highest BCUT2D eigenvalue weighted by Crippen LogP contribution is 2.00. The Hall–Kier alpha value is -1.12. The van der Waals surface area contributed by atoms with Gasteiger partial charge in [0.2, 0.25) is 0 Å². The topological polar surface area (TPSA) is 45.8 Å². The number of nitrogens with one attached hydrogen (secondary N) is 1. The van der Waals surface area contributed by atoms with Gasteiger partial charge in [-0.2, -0.15) is 5.10 Å². The summed E-state index contributed by atoms with van der Waals surface area (Å²) in [5.74, 6) is 0.233. The molecule has 0 aliphatic carbocycles. The van der Waals surface area contributed by atoms with Gasteiger partial charge >= 0.3 is 0 Å². The van der Waals surface area contributed by atoms with E-state index < -0.39 is 0 Å². The molecule has 0 saturated carbocycles. The Balaban J connectivity index is 2.57. The summed E-state index contributed by atoms with van der Waals surface area (Å²) in [7, 11) is 0. The van der Waals surface area contributed by atoms with E-state index in [1.807, 2.05) is 19.9 Å². The highest BCUT2D eigenvalue weighted by Gasteiger charge is 2.02. The van der Waals surface area contributed by atoms with E-state index in [4.69, 9.17) is 0 Å². The standard InChI is InChI=1S/C8H12N2O/c1-3-8(11)5-7-4-6(2)9-10-7/h4H,3,5H2,1-2H3,(H,9,10). The number of carbonyl (C=O) groups excluding carboxylic acids is 1. The third-order valence-corrected chi connectivity index (χ3v) is 1.53. The Kier molecular flexibility index (Phi) is 2.41. The molecule has 11 heavy (non-hydrogen) atoms. The molecule has 0 spiro atoms. The lowest BCUT2D eigenvalue weighted by Gasteiger charge is -1.89. The summed E-state index contributed by atoms with van der Waals surface area (Å²) in [4.78, 5) is 10.9. The monoisotopic (exact) mass is 152 g/mol. The number of hydrogen-bond acceptors (Lipinski definition) is 2. The molecule has 3 nitrogen and oxygen atoms in total. The van der Waals surface area contributed by atoms with E-state index in [-0.39, 0.29) is 5.78 Å². The van der Waals surface area contributed by atoms with E-state index in [0.717, 1.165) is 11.4 Å². The molecule has 0 bridgehead atoms. The minimum atomic E-state index is 0.233. The first-order valence-electron chi connectivity index (χ1n) is 3.75. The molecule has 0 aliphatic rings. The highest BCUT2D eigenvalue weighted by atomic mass is 16.1. The van der Waals surface area contributed by atoms with E-state index in [1.165, 1.54) is 0 Å². The van der Waals surface area contributed by atoms with E-state index in [9.17, 15) is 4.79 Å². The summed E-state index contributed by atoms with van der Waals surface area (Å²) >= 11 is 0. The van der Waals surface area contributed by atoms with Crippen LogP contribution in [0.1, 0.15) is 24.7 Å². The smallest absolute Gasteiger partial charge is 0.138 e. The van der Waals surface area contributed by atoms with Gasteiger partial charge in [-0.25, -0.2) is 0 Å². The molecule has 3 heteroatoms. The molecule has 0 amide bonds. The van der Waals surface area contributed by atoms with Gasteiger partial charge in [0, 0.05) is 12.1 Å². The molecule has 1 rings (SSSR count). The van der Waals surface area contributed by atoms with Crippen LogP contribution < -0.4 is 0 Å². The second-order valence-electron chi connectivity index (χ2n) is 2.61.